The van der Waals surface area contributed by atoms with Crippen molar-refractivity contribution in [2.75, 3.05) is 0 Å². The molecule has 0 aliphatic heterocycles. The van der Waals surface area contributed by atoms with Crippen LogP contribution >= 0.6 is 0 Å². The second-order valence-corrected chi connectivity index (χ2v) is 1.54. The van der Waals surface area contributed by atoms with Crippen LogP contribution in [-0.4, -0.2) is 21.2 Å². The number of aromatic nitrogens is 2. The summed E-state index contributed by atoms with van der Waals surface area (Å²) in [4.78, 5) is 9.85. The van der Waals surface area contributed by atoms with Crippen LogP contribution in [0.2, 0.25) is 0 Å². The van der Waals surface area contributed by atoms with Gasteiger partial charge in [-0.1, -0.05) is 0 Å². The molecule has 0 amide bonds. The van der Waals surface area contributed by atoms with E-state index < -0.39 is 0 Å². The van der Waals surface area contributed by atoms with Crippen LogP contribution in [0, 0.1) is 0 Å². The first kappa shape index (κ1) is 5.81. The van der Waals surface area contributed by atoms with Crippen molar-refractivity contribution < 1.29 is 9.90 Å². The van der Waals surface area contributed by atoms with Gasteiger partial charge in [-0.05, 0) is 0 Å². The summed E-state index contributed by atoms with van der Waals surface area (Å²) in [5.41, 5.74) is 0. The van der Waals surface area contributed by atoms with E-state index in [9.17, 15) is 4.79 Å². The molecule has 0 bridgehead atoms. The normalized spacial score (nSPS) is 9.33. The number of aromatic hydroxyl groups is 1. The van der Waals surface area contributed by atoms with E-state index in [1.54, 1.807) is 0 Å². The molecule has 0 spiro atoms. The quantitative estimate of drug-likeness (QED) is 0.558. The van der Waals surface area contributed by atoms with Crippen LogP contribution in [-0.2, 0) is 11.3 Å². The molecule has 0 aliphatic rings. The number of carbonyl (C=O) groups excluding carboxylic acids is 1. The third-order valence-corrected chi connectivity index (χ3v) is 0.942. The summed E-state index contributed by atoms with van der Waals surface area (Å²) in [7, 11) is 0. The Bertz CT molecular complexity index is 206. The van der Waals surface area contributed by atoms with Gasteiger partial charge in [-0.25, -0.2) is 4.68 Å². The van der Waals surface area contributed by atoms with Crippen molar-refractivity contribution in [1.82, 2.24) is 9.78 Å². The van der Waals surface area contributed by atoms with E-state index in [4.69, 9.17) is 5.11 Å². The van der Waals surface area contributed by atoms with Crippen LogP contribution < -0.4 is 0 Å². The van der Waals surface area contributed by atoms with Gasteiger partial charge >= 0.3 is 0 Å². The van der Waals surface area contributed by atoms with E-state index >= 15 is 0 Å². The van der Waals surface area contributed by atoms with E-state index in [2.05, 4.69) is 5.10 Å². The first-order valence-electron chi connectivity index (χ1n) is 2.49. The zero-order valence-corrected chi connectivity index (χ0v) is 4.69. The fourth-order valence-electron chi connectivity index (χ4n) is 0.537. The molecule has 1 rings (SSSR count). The number of aldehydes is 1. The second-order valence-electron chi connectivity index (χ2n) is 1.54. The zero-order valence-electron chi connectivity index (χ0n) is 4.69. The molecular weight excluding hydrogens is 120 g/mol. The van der Waals surface area contributed by atoms with Gasteiger partial charge in [0.25, 0.3) is 0 Å². The maximum atomic E-state index is 9.85. The molecule has 0 atom stereocenters. The summed E-state index contributed by atoms with van der Waals surface area (Å²) >= 11 is 0. The fourth-order valence-corrected chi connectivity index (χ4v) is 0.537. The van der Waals surface area contributed by atoms with Crippen molar-refractivity contribution in [3.8, 4) is 5.88 Å². The number of nitrogens with zero attached hydrogens (tertiary/aromatic N) is 2. The highest BCUT2D eigenvalue weighted by atomic mass is 16.3. The molecule has 1 aromatic rings. The Balaban J connectivity index is 2.80. The molecule has 0 aromatic carbocycles. The number of hydrogen-bond donors (Lipinski definition) is 1. The van der Waals surface area contributed by atoms with E-state index in [1.807, 2.05) is 0 Å². The Morgan fingerprint density at radius 1 is 1.89 bits per heavy atom. The highest BCUT2D eigenvalue weighted by Gasteiger charge is 1.94. The lowest BCUT2D eigenvalue weighted by atomic mass is 10.6. The van der Waals surface area contributed by atoms with Crippen LogP contribution in [0.5, 0.6) is 5.88 Å². The topological polar surface area (TPSA) is 55.1 Å². The van der Waals surface area contributed by atoms with Crippen molar-refractivity contribution in [2.24, 2.45) is 0 Å². The summed E-state index contributed by atoms with van der Waals surface area (Å²) in [6.07, 6.45) is 2.10. The van der Waals surface area contributed by atoms with Crippen LogP contribution in [0.3, 0.4) is 0 Å². The van der Waals surface area contributed by atoms with Crippen LogP contribution in [0.25, 0.3) is 0 Å². The fraction of sp³-hybridized carbons (Fsp3) is 0.200. The van der Waals surface area contributed by atoms with Crippen LogP contribution in [0.1, 0.15) is 0 Å². The van der Waals surface area contributed by atoms with Gasteiger partial charge in [0.1, 0.15) is 12.8 Å². The van der Waals surface area contributed by atoms with Crippen LogP contribution in [0.15, 0.2) is 12.3 Å². The van der Waals surface area contributed by atoms with Gasteiger partial charge in [0.15, 0.2) is 0 Å². The molecule has 0 fully saturated rings. The molecular formula is C5H6N2O2. The largest absolute Gasteiger partial charge is 0.493 e. The molecule has 0 saturated heterocycles. The lowest BCUT2D eigenvalue weighted by molar-refractivity contribution is -0.108. The maximum Gasteiger partial charge on any atom is 0.209 e. The highest BCUT2D eigenvalue weighted by molar-refractivity contribution is 5.49. The van der Waals surface area contributed by atoms with Gasteiger partial charge in [-0.3, -0.25) is 0 Å². The van der Waals surface area contributed by atoms with Crippen molar-refractivity contribution in [2.45, 2.75) is 6.54 Å². The number of rotatable bonds is 2. The van der Waals surface area contributed by atoms with Gasteiger partial charge < -0.3 is 9.90 Å². The minimum absolute atomic E-state index is 0.0158. The lowest BCUT2D eigenvalue weighted by Gasteiger charge is -1.92. The average Bonchev–Trinajstić information content (AvgIpc) is 2.18. The maximum absolute atomic E-state index is 9.85. The molecule has 0 unspecified atom stereocenters. The molecule has 0 aliphatic carbocycles. The summed E-state index contributed by atoms with van der Waals surface area (Å²) < 4.78 is 1.20. The monoisotopic (exact) mass is 126 g/mol. The lowest BCUT2D eigenvalue weighted by Crippen LogP contribution is -1.99. The summed E-state index contributed by atoms with van der Waals surface area (Å²) in [5.74, 6) is 0.0158. The Hall–Kier alpha value is -1.32. The molecule has 9 heavy (non-hydrogen) atoms. The van der Waals surface area contributed by atoms with E-state index in [-0.39, 0.29) is 12.4 Å². The molecule has 0 saturated carbocycles. The Labute approximate surface area is 51.7 Å². The van der Waals surface area contributed by atoms with Crippen molar-refractivity contribution in [1.29, 1.82) is 0 Å². The van der Waals surface area contributed by atoms with Crippen molar-refractivity contribution >= 4 is 6.29 Å². The summed E-state index contributed by atoms with van der Waals surface area (Å²) in [6, 6.07) is 1.42. The Morgan fingerprint density at radius 2 is 2.67 bits per heavy atom. The zero-order chi connectivity index (χ0) is 6.69. The molecule has 1 aromatic heterocycles. The van der Waals surface area contributed by atoms with Gasteiger partial charge in [-0.15, -0.1) is 0 Å². The highest BCUT2D eigenvalue weighted by Crippen LogP contribution is 2.03. The predicted molar refractivity (Wildman–Crippen MR) is 30.0 cm³/mol. The SMILES string of the molecule is O=CCn1nccc1O. The third-order valence-electron chi connectivity index (χ3n) is 0.942. The third kappa shape index (κ3) is 1.07. The van der Waals surface area contributed by atoms with Gasteiger partial charge in [-0.2, -0.15) is 5.10 Å². The second kappa shape index (κ2) is 2.30. The predicted octanol–water partition coefficient (Wildman–Crippen LogP) is -0.212. The molecule has 1 N–H and O–H groups in total. The molecule has 1 heterocycles. The van der Waals surface area contributed by atoms with Crippen molar-refractivity contribution in [3.05, 3.63) is 12.3 Å². The number of carbonyl (C=O) groups is 1. The number of hydrogen-bond acceptors (Lipinski definition) is 3. The van der Waals surface area contributed by atoms with E-state index in [0.29, 0.717) is 6.29 Å². The summed E-state index contributed by atoms with van der Waals surface area (Å²) in [6.45, 7) is 0.110. The molecule has 4 nitrogen and oxygen atoms in total. The first-order valence-corrected chi connectivity index (χ1v) is 2.49. The van der Waals surface area contributed by atoms with Gasteiger partial charge in [0.2, 0.25) is 5.88 Å². The minimum Gasteiger partial charge on any atom is -0.493 e. The molecule has 0 radical (unpaired) electrons. The Morgan fingerprint density at radius 3 is 3.11 bits per heavy atom. The van der Waals surface area contributed by atoms with Crippen LogP contribution in [0.4, 0.5) is 0 Å². The van der Waals surface area contributed by atoms with Gasteiger partial charge in [0, 0.05) is 6.07 Å². The molecule has 48 valence electrons. The first-order chi connectivity index (χ1) is 4.34. The van der Waals surface area contributed by atoms with E-state index in [1.165, 1.54) is 16.9 Å². The standard InChI is InChI=1S/C5H6N2O2/c8-4-3-7-5(9)1-2-6-7/h1-2,4,9H,3H2. The molecule has 4 heteroatoms. The van der Waals surface area contributed by atoms with E-state index in [0.717, 1.165) is 0 Å². The average molecular weight is 126 g/mol. The van der Waals surface area contributed by atoms with Crippen molar-refractivity contribution in [3.63, 3.8) is 0 Å². The van der Waals surface area contributed by atoms with Gasteiger partial charge in [0.05, 0.1) is 6.20 Å². The Kier molecular flexibility index (Phi) is 1.48. The smallest absolute Gasteiger partial charge is 0.209 e. The minimum atomic E-state index is 0.0158. The summed E-state index contributed by atoms with van der Waals surface area (Å²) in [5, 5.41) is 12.5.